The van der Waals surface area contributed by atoms with Crippen molar-refractivity contribution in [2.75, 3.05) is 5.32 Å². The standard InChI is InChI=1S/C16H12Cl3FN2O/c1-8-4-13(20)14(21-7-8)10-5-9(2-3-12(10)17)22-15(23)11-6-16(11,18)19/h2-5,7,11H,6H2,1H3,(H,22,23). The van der Waals surface area contributed by atoms with Crippen LogP contribution in [0.5, 0.6) is 0 Å². The molecule has 1 aliphatic carbocycles. The van der Waals surface area contributed by atoms with Crippen molar-refractivity contribution in [3.63, 3.8) is 0 Å². The number of carbonyl (C=O) groups is 1. The average molecular weight is 374 g/mol. The molecule has 7 heteroatoms. The fourth-order valence-electron chi connectivity index (χ4n) is 2.24. The summed E-state index contributed by atoms with van der Waals surface area (Å²) in [4.78, 5) is 16.1. The largest absolute Gasteiger partial charge is 0.326 e. The summed E-state index contributed by atoms with van der Waals surface area (Å²) in [7, 11) is 0. The van der Waals surface area contributed by atoms with Gasteiger partial charge in [0.25, 0.3) is 0 Å². The summed E-state index contributed by atoms with van der Waals surface area (Å²) in [6.45, 7) is 1.75. The van der Waals surface area contributed by atoms with Gasteiger partial charge in [0.2, 0.25) is 5.91 Å². The van der Waals surface area contributed by atoms with E-state index in [4.69, 9.17) is 34.8 Å². The number of halogens is 4. The number of alkyl halides is 2. The van der Waals surface area contributed by atoms with Gasteiger partial charge in [-0.1, -0.05) is 11.6 Å². The van der Waals surface area contributed by atoms with E-state index in [1.54, 1.807) is 31.3 Å². The second-order valence-corrected chi connectivity index (χ2v) is 7.49. The highest BCUT2D eigenvalue weighted by Gasteiger charge is 2.56. The van der Waals surface area contributed by atoms with E-state index in [2.05, 4.69) is 10.3 Å². The third kappa shape index (κ3) is 3.44. The Labute approximate surface area is 147 Å². The number of anilines is 1. The molecular weight excluding hydrogens is 362 g/mol. The minimum absolute atomic E-state index is 0.132. The van der Waals surface area contributed by atoms with Crippen LogP contribution in [0.25, 0.3) is 11.3 Å². The van der Waals surface area contributed by atoms with Crippen LogP contribution in [0.2, 0.25) is 5.02 Å². The SMILES string of the molecule is Cc1cnc(-c2cc(NC(=O)C3CC3(Cl)Cl)ccc2Cl)c(F)c1. The number of aromatic nitrogens is 1. The Kier molecular flexibility index (Phi) is 4.25. The molecule has 0 radical (unpaired) electrons. The van der Waals surface area contributed by atoms with Gasteiger partial charge in [0, 0.05) is 17.4 Å². The normalized spacial score (nSPS) is 18.6. The summed E-state index contributed by atoms with van der Waals surface area (Å²) in [5.41, 5.74) is 1.72. The van der Waals surface area contributed by atoms with Gasteiger partial charge in [-0.15, -0.1) is 23.2 Å². The average Bonchev–Trinajstić information content (AvgIpc) is 3.11. The van der Waals surface area contributed by atoms with E-state index in [0.29, 0.717) is 28.3 Å². The summed E-state index contributed by atoms with van der Waals surface area (Å²) in [5.74, 6) is -1.20. The number of hydrogen-bond donors (Lipinski definition) is 1. The van der Waals surface area contributed by atoms with Gasteiger partial charge >= 0.3 is 0 Å². The van der Waals surface area contributed by atoms with Gasteiger partial charge in [-0.2, -0.15) is 0 Å². The molecule has 1 amide bonds. The van der Waals surface area contributed by atoms with Crippen LogP contribution in [0, 0.1) is 18.7 Å². The number of benzene rings is 1. The van der Waals surface area contributed by atoms with E-state index in [1.807, 2.05) is 0 Å². The zero-order chi connectivity index (χ0) is 16.8. The highest BCUT2D eigenvalue weighted by atomic mass is 35.5. The quantitative estimate of drug-likeness (QED) is 0.771. The van der Waals surface area contributed by atoms with Crippen molar-refractivity contribution in [2.24, 2.45) is 5.92 Å². The smallest absolute Gasteiger partial charge is 0.230 e. The summed E-state index contributed by atoms with van der Waals surface area (Å²) in [5, 5.41) is 3.05. The fraction of sp³-hybridized carbons (Fsp3) is 0.250. The maximum atomic E-state index is 14.1. The number of carbonyl (C=O) groups excluding carboxylic acids is 1. The van der Waals surface area contributed by atoms with Crippen molar-refractivity contribution in [1.82, 2.24) is 4.98 Å². The number of nitrogens with one attached hydrogen (secondary N) is 1. The monoisotopic (exact) mass is 372 g/mol. The third-order valence-corrected chi connectivity index (χ3v) is 4.77. The van der Waals surface area contributed by atoms with Crippen LogP contribution in [0.4, 0.5) is 10.1 Å². The Hall–Kier alpha value is -1.36. The molecule has 3 nitrogen and oxygen atoms in total. The van der Waals surface area contributed by atoms with Gasteiger partial charge in [0.1, 0.15) is 15.8 Å². The van der Waals surface area contributed by atoms with Crippen LogP contribution in [-0.2, 0) is 4.79 Å². The first kappa shape index (κ1) is 16.5. The predicted molar refractivity (Wildman–Crippen MR) is 90.6 cm³/mol. The Balaban J connectivity index is 1.89. The Morgan fingerprint density at radius 1 is 1.39 bits per heavy atom. The molecule has 1 unspecified atom stereocenters. The molecule has 0 aliphatic heterocycles. The van der Waals surface area contributed by atoms with E-state index < -0.39 is 16.1 Å². The van der Waals surface area contributed by atoms with Crippen molar-refractivity contribution in [1.29, 1.82) is 0 Å². The van der Waals surface area contributed by atoms with Crippen LogP contribution in [0.3, 0.4) is 0 Å². The van der Waals surface area contributed by atoms with Gasteiger partial charge in [0.15, 0.2) is 0 Å². The first-order chi connectivity index (χ1) is 10.8. The molecule has 3 rings (SSSR count). The lowest BCUT2D eigenvalue weighted by Crippen LogP contribution is -2.16. The van der Waals surface area contributed by atoms with Crippen molar-refractivity contribution >= 4 is 46.4 Å². The number of nitrogens with zero attached hydrogens (tertiary/aromatic N) is 1. The van der Waals surface area contributed by atoms with Gasteiger partial charge in [-0.25, -0.2) is 4.39 Å². The molecule has 1 fully saturated rings. The molecule has 120 valence electrons. The first-order valence-electron chi connectivity index (χ1n) is 6.89. The second kappa shape index (κ2) is 5.93. The van der Waals surface area contributed by atoms with Crippen molar-refractivity contribution < 1.29 is 9.18 Å². The van der Waals surface area contributed by atoms with E-state index in [-0.39, 0.29) is 11.6 Å². The van der Waals surface area contributed by atoms with E-state index >= 15 is 0 Å². The molecule has 23 heavy (non-hydrogen) atoms. The maximum absolute atomic E-state index is 14.1. The minimum Gasteiger partial charge on any atom is -0.326 e. The zero-order valence-electron chi connectivity index (χ0n) is 12.0. The number of aryl methyl sites for hydroxylation is 1. The number of hydrogen-bond acceptors (Lipinski definition) is 2. The molecule has 1 aliphatic rings. The van der Waals surface area contributed by atoms with E-state index in [9.17, 15) is 9.18 Å². The second-order valence-electron chi connectivity index (χ2n) is 5.54. The molecule has 0 saturated heterocycles. The molecule has 1 heterocycles. The van der Waals surface area contributed by atoms with Crippen molar-refractivity contribution in [3.8, 4) is 11.3 Å². The van der Waals surface area contributed by atoms with Crippen LogP contribution >= 0.6 is 34.8 Å². The Bertz CT molecular complexity index is 795. The van der Waals surface area contributed by atoms with Gasteiger partial charge in [-0.3, -0.25) is 9.78 Å². The van der Waals surface area contributed by atoms with Gasteiger partial charge < -0.3 is 5.32 Å². The van der Waals surface area contributed by atoms with Crippen molar-refractivity contribution in [3.05, 3.63) is 46.9 Å². The molecule has 0 spiro atoms. The third-order valence-electron chi connectivity index (χ3n) is 3.61. The van der Waals surface area contributed by atoms with E-state index in [0.717, 1.165) is 0 Å². The highest BCUT2D eigenvalue weighted by Crippen LogP contribution is 2.53. The first-order valence-corrected chi connectivity index (χ1v) is 8.02. The van der Waals surface area contributed by atoms with Gasteiger partial charge in [-0.05, 0) is 43.2 Å². The van der Waals surface area contributed by atoms with Crippen molar-refractivity contribution in [2.45, 2.75) is 17.7 Å². The van der Waals surface area contributed by atoms with E-state index in [1.165, 1.54) is 6.07 Å². The van der Waals surface area contributed by atoms with Crippen LogP contribution < -0.4 is 5.32 Å². The summed E-state index contributed by atoms with van der Waals surface area (Å²) < 4.78 is 13.1. The minimum atomic E-state index is -0.996. The zero-order valence-corrected chi connectivity index (χ0v) is 14.3. The van der Waals surface area contributed by atoms with Crippen LogP contribution in [-0.4, -0.2) is 15.2 Å². The molecule has 1 aromatic heterocycles. The lowest BCUT2D eigenvalue weighted by atomic mass is 10.1. The number of pyridine rings is 1. The lowest BCUT2D eigenvalue weighted by Gasteiger charge is -2.10. The lowest BCUT2D eigenvalue weighted by molar-refractivity contribution is -0.117. The molecule has 0 bridgehead atoms. The maximum Gasteiger partial charge on any atom is 0.230 e. The molecule has 1 atom stereocenters. The molecule has 1 N–H and O–H groups in total. The molecule has 2 aromatic rings. The highest BCUT2D eigenvalue weighted by molar-refractivity contribution is 6.52. The predicted octanol–water partition coefficient (Wildman–Crippen LogP) is 4.98. The topological polar surface area (TPSA) is 42.0 Å². The van der Waals surface area contributed by atoms with Crippen LogP contribution in [0.15, 0.2) is 30.5 Å². The fourth-order valence-corrected chi connectivity index (χ4v) is 2.96. The Morgan fingerprint density at radius 2 is 2.09 bits per heavy atom. The number of rotatable bonds is 3. The summed E-state index contributed by atoms with van der Waals surface area (Å²) >= 11 is 17.9. The molecule has 1 saturated carbocycles. The number of amides is 1. The summed E-state index contributed by atoms with van der Waals surface area (Å²) in [6.07, 6.45) is 1.97. The Morgan fingerprint density at radius 3 is 2.70 bits per heavy atom. The van der Waals surface area contributed by atoms with Crippen LogP contribution in [0.1, 0.15) is 12.0 Å². The summed E-state index contributed by atoms with van der Waals surface area (Å²) in [6, 6.07) is 6.16. The molecular formula is C16H12Cl3FN2O. The molecule has 1 aromatic carbocycles. The van der Waals surface area contributed by atoms with Gasteiger partial charge in [0.05, 0.1) is 10.9 Å².